The minimum atomic E-state index is -0.852. The zero-order chi connectivity index (χ0) is 9.40. The number of aromatic nitrogens is 2. The van der Waals surface area contributed by atoms with Crippen LogP contribution in [-0.4, -0.2) is 21.1 Å². The highest BCUT2D eigenvalue weighted by molar-refractivity contribution is 5.70. The fraction of sp³-hybridized carbons (Fsp3) is 0. The molecular weight excluding hydrogens is 160 g/mol. The Labute approximate surface area is 69.1 Å². The van der Waals surface area contributed by atoms with E-state index in [0.717, 1.165) is 0 Å². The highest BCUT2D eigenvalue weighted by Gasteiger charge is 1.90. The summed E-state index contributed by atoms with van der Waals surface area (Å²) >= 11 is 0. The normalized spacial score (nSPS) is 7.83. The maximum Gasteiger partial charge on any atom is 0.343 e. The maximum absolute atomic E-state index is 9.60. The quantitative estimate of drug-likeness (QED) is 0.250. The van der Waals surface area contributed by atoms with Crippen molar-refractivity contribution in [3.05, 3.63) is 24.8 Å². The van der Waals surface area contributed by atoms with Gasteiger partial charge in [-0.05, 0) is 0 Å². The number of carbonyl (C=O) groups is 1. The molecule has 0 aliphatic rings. The Hall–Kier alpha value is -1.73. The van der Waals surface area contributed by atoms with Crippen molar-refractivity contribution >= 4 is 6.03 Å². The van der Waals surface area contributed by atoms with Crippen molar-refractivity contribution in [1.82, 2.24) is 15.1 Å². The van der Waals surface area contributed by atoms with Crippen LogP contribution in [0.4, 0.5) is 4.79 Å². The van der Waals surface area contributed by atoms with Crippen LogP contribution < -0.4 is 17.4 Å². The maximum atomic E-state index is 9.60. The smallest absolute Gasteiger partial charge is 0.343 e. The highest BCUT2D eigenvalue weighted by Crippen LogP contribution is 1.65. The third kappa shape index (κ3) is 6.39. The summed E-state index contributed by atoms with van der Waals surface area (Å²) in [6, 6.07) is -0.852. The Morgan fingerprint density at radius 3 is 1.42 bits per heavy atom. The summed E-state index contributed by atoms with van der Waals surface area (Å²) in [5, 5.41) is 0.306. The molecule has 0 atom stereocenters. The molecule has 2 amide bonds. The summed E-state index contributed by atoms with van der Waals surface area (Å²) in [7, 11) is 0. The third-order valence-corrected chi connectivity index (χ3v) is 0.732. The zero-order valence-corrected chi connectivity index (χ0v) is 6.29. The van der Waals surface area contributed by atoms with Gasteiger partial charge in [0.25, 0.3) is 0 Å². The van der Waals surface area contributed by atoms with Crippen molar-refractivity contribution in [1.29, 1.82) is 0 Å². The number of nitrogens with two attached hydrogens (primary N) is 3. The van der Waals surface area contributed by atoms with Gasteiger partial charge in [0.15, 0.2) is 0 Å². The Morgan fingerprint density at radius 2 is 1.33 bits per heavy atom. The molecule has 1 rings (SSSR count). The van der Waals surface area contributed by atoms with Gasteiger partial charge >= 0.3 is 6.03 Å². The van der Waals surface area contributed by atoms with Gasteiger partial charge in [-0.25, -0.2) is 16.5 Å². The van der Waals surface area contributed by atoms with Crippen LogP contribution in [0.3, 0.4) is 0 Å². The standard InChI is InChI=1S/C4H4N2.CH6N4O/c1-2-6-4-3-5-1;2-1(6)5(3)4/h1-4H;3-4H2,(H2,2,6). The van der Waals surface area contributed by atoms with Crippen molar-refractivity contribution < 1.29 is 4.79 Å². The number of hydrazine groups is 2. The molecule has 7 heteroatoms. The summed E-state index contributed by atoms with van der Waals surface area (Å²) in [4.78, 5) is 17.0. The van der Waals surface area contributed by atoms with Crippen LogP contribution in [0.2, 0.25) is 0 Å². The van der Waals surface area contributed by atoms with E-state index in [0.29, 0.717) is 5.12 Å². The Morgan fingerprint density at radius 1 is 1.08 bits per heavy atom. The average Bonchev–Trinajstić information content (AvgIpc) is 2.08. The first-order valence-corrected chi connectivity index (χ1v) is 2.93. The van der Waals surface area contributed by atoms with E-state index in [4.69, 9.17) is 0 Å². The molecule has 1 aromatic heterocycles. The lowest BCUT2D eigenvalue weighted by Gasteiger charge is -2.00. The Balaban J connectivity index is 0.000000202. The van der Waals surface area contributed by atoms with Gasteiger partial charge in [-0.1, -0.05) is 0 Å². The summed E-state index contributed by atoms with van der Waals surface area (Å²) < 4.78 is 0. The molecule has 6 N–H and O–H groups in total. The second-order valence-electron chi connectivity index (χ2n) is 1.64. The molecule has 7 nitrogen and oxygen atoms in total. The predicted octanol–water partition coefficient (Wildman–Crippen LogP) is -1.41. The molecule has 0 fully saturated rings. The number of carbonyl (C=O) groups excluding carboxylic acids is 1. The summed E-state index contributed by atoms with van der Waals surface area (Å²) in [5.74, 6) is 9.14. The molecule has 66 valence electrons. The first-order chi connectivity index (χ1) is 5.64. The molecule has 0 aromatic carbocycles. The van der Waals surface area contributed by atoms with E-state index in [9.17, 15) is 4.79 Å². The van der Waals surface area contributed by atoms with Crippen molar-refractivity contribution in [3.8, 4) is 0 Å². The molecule has 0 radical (unpaired) electrons. The van der Waals surface area contributed by atoms with E-state index in [2.05, 4.69) is 27.4 Å². The minimum Gasteiger partial charge on any atom is -0.349 e. The number of hydrogen-bond donors (Lipinski definition) is 3. The molecule has 0 saturated heterocycles. The van der Waals surface area contributed by atoms with Gasteiger partial charge in [-0.3, -0.25) is 9.97 Å². The molecule has 0 aliphatic carbocycles. The van der Waals surface area contributed by atoms with Crippen LogP contribution in [0.1, 0.15) is 0 Å². The van der Waals surface area contributed by atoms with Crippen molar-refractivity contribution in [2.24, 2.45) is 17.4 Å². The molecule has 0 bridgehead atoms. The van der Waals surface area contributed by atoms with Crippen LogP contribution in [-0.2, 0) is 0 Å². The number of hydrogen-bond acceptors (Lipinski definition) is 5. The van der Waals surface area contributed by atoms with Crippen LogP contribution in [0, 0.1) is 0 Å². The Bertz CT molecular complexity index is 186. The highest BCUT2D eigenvalue weighted by atomic mass is 16.2. The van der Waals surface area contributed by atoms with Gasteiger partial charge in [-0.2, -0.15) is 5.12 Å². The van der Waals surface area contributed by atoms with E-state index < -0.39 is 6.03 Å². The summed E-state index contributed by atoms with van der Waals surface area (Å²) in [6.45, 7) is 0. The zero-order valence-electron chi connectivity index (χ0n) is 6.29. The van der Waals surface area contributed by atoms with Gasteiger partial charge < -0.3 is 5.73 Å². The first kappa shape index (κ1) is 10.3. The molecule has 12 heavy (non-hydrogen) atoms. The second-order valence-corrected chi connectivity index (χ2v) is 1.64. The Kier molecular flexibility index (Phi) is 5.14. The number of nitrogens with zero attached hydrogens (tertiary/aromatic N) is 3. The lowest BCUT2D eigenvalue weighted by molar-refractivity contribution is 0.210. The predicted molar refractivity (Wildman–Crippen MR) is 41.8 cm³/mol. The van der Waals surface area contributed by atoms with E-state index in [1.165, 1.54) is 0 Å². The van der Waals surface area contributed by atoms with Crippen molar-refractivity contribution in [3.63, 3.8) is 0 Å². The van der Waals surface area contributed by atoms with Gasteiger partial charge in [0.05, 0.1) is 0 Å². The lowest BCUT2D eigenvalue weighted by atomic mass is 10.8. The third-order valence-electron chi connectivity index (χ3n) is 0.732. The number of rotatable bonds is 0. The fourth-order valence-electron chi connectivity index (χ4n) is 0.253. The number of primary amides is 1. The topological polar surface area (TPSA) is 124 Å². The largest absolute Gasteiger partial charge is 0.349 e. The van der Waals surface area contributed by atoms with Crippen LogP contribution >= 0.6 is 0 Å². The molecule has 0 unspecified atom stereocenters. The van der Waals surface area contributed by atoms with Crippen LogP contribution in [0.25, 0.3) is 0 Å². The van der Waals surface area contributed by atoms with E-state index in [1.807, 2.05) is 0 Å². The fourth-order valence-corrected chi connectivity index (χ4v) is 0.253. The monoisotopic (exact) mass is 170 g/mol. The van der Waals surface area contributed by atoms with Crippen molar-refractivity contribution in [2.45, 2.75) is 0 Å². The van der Waals surface area contributed by atoms with Crippen LogP contribution in [0.5, 0.6) is 0 Å². The first-order valence-electron chi connectivity index (χ1n) is 2.93. The lowest BCUT2D eigenvalue weighted by Crippen LogP contribution is -2.46. The molecule has 0 saturated carbocycles. The molecule has 0 aliphatic heterocycles. The second kappa shape index (κ2) is 6.01. The number of urea groups is 1. The average molecular weight is 170 g/mol. The van der Waals surface area contributed by atoms with Crippen LogP contribution in [0.15, 0.2) is 24.8 Å². The van der Waals surface area contributed by atoms with Gasteiger partial charge in [-0.15, -0.1) is 0 Å². The van der Waals surface area contributed by atoms with Crippen molar-refractivity contribution in [2.75, 3.05) is 0 Å². The SMILES string of the molecule is NC(=O)N(N)N.c1cnccn1. The van der Waals surface area contributed by atoms with E-state index in [1.54, 1.807) is 24.8 Å². The number of amides is 2. The van der Waals surface area contributed by atoms with E-state index >= 15 is 0 Å². The van der Waals surface area contributed by atoms with E-state index in [-0.39, 0.29) is 0 Å². The molecular formula is C5H10N6O. The molecule has 1 heterocycles. The summed E-state index contributed by atoms with van der Waals surface area (Å²) in [6.07, 6.45) is 6.56. The van der Waals surface area contributed by atoms with Gasteiger partial charge in [0, 0.05) is 24.8 Å². The van der Waals surface area contributed by atoms with Gasteiger partial charge in [0.2, 0.25) is 0 Å². The molecule has 1 aromatic rings. The summed E-state index contributed by atoms with van der Waals surface area (Å²) in [5.41, 5.74) is 4.47. The minimum absolute atomic E-state index is 0.306. The molecule has 0 spiro atoms. The van der Waals surface area contributed by atoms with Gasteiger partial charge in [0.1, 0.15) is 0 Å².